The summed E-state index contributed by atoms with van der Waals surface area (Å²) in [6, 6.07) is 14.3. The number of fused-ring (bicyclic) bond motifs is 2. The molecule has 0 bridgehead atoms. The van der Waals surface area contributed by atoms with E-state index in [1.807, 2.05) is 30.3 Å². The summed E-state index contributed by atoms with van der Waals surface area (Å²) in [6.45, 7) is 1.69. The van der Waals surface area contributed by atoms with Gasteiger partial charge in [-0.1, -0.05) is 30.3 Å². The van der Waals surface area contributed by atoms with Crippen molar-refractivity contribution in [1.82, 2.24) is 9.66 Å². The number of methoxy groups -OCH3 is 2. The number of rotatable bonds is 4. The molecule has 0 fully saturated rings. The number of hydrogen-bond acceptors (Lipinski definition) is 6. The smallest absolute Gasteiger partial charge is 0.282 e. The Morgan fingerprint density at radius 3 is 2.52 bits per heavy atom. The molecule has 3 aromatic carbocycles. The number of phenolic OH excluding ortho intramolecular Hbond substituents is 1. The highest BCUT2D eigenvalue weighted by Crippen LogP contribution is 2.30. The van der Waals surface area contributed by atoms with E-state index in [1.54, 1.807) is 25.1 Å². The zero-order valence-electron chi connectivity index (χ0n) is 16.2. The van der Waals surface area contributed by atoms with Gasteiger partial charge in [-0.25, -0.2) is 4.98 Å². The molecular weight excluding hydrogens is 370 g/mol. The van der Waals surface area contributed by atoms with Gasteiger partial charge in [0.1, 0.15) is 11.6 Å². The van der Waals surface area contributed by atoms with Gasteiger partial charge in [-0.3, -0.25) is 4.79 Å². The highest BCUT2D eigenvalue weighted by atomic mass is 16.5. The van der Waals surface area contributed by atoms with Crippen molar-refractivity contribution < 1.29 is 14.6 Å². The number of aromatic nitrogens is 2. The van der Waals surface area contributed by atoms with Crippen LogP contribution in [0.5, 0.6) is 17.2 Å². The summed E-state index contributed by atoms with van der Waals surface area (Å²) >= 11 is 0. The first-order chi connectivity index (χ1) is 14.0. The van der Waals surface area contributed by atoms with E-state index in [4.69, 9.17) is 9.47 Å². The van der Waals surface area contributed by atoms with E-state index in [1.165, 1.54) is 25.1 Å². The molecule has 4 rings (SSSR count). The molecule has 0 atom stereocenters. The molecule has 1 heterocycles. The summed E-state index contributed by atoms with van der Waals surface area (Å²) < 4.78 is 11.8. The second kappa shape index (κ2) is 7.27. The first kappa shape index (κ1) is 18.5. The molecular formula is C22H19N3O4. The van der Waals surface area contributed by atoms with Gasteiger partial charge in [-0.2, -0.15) is 9.78 Å². The fourth-order valence-corrected chi connectivity index (χ4v) is 3.29. The Hall–Kier alpha value is -3.87. The molecule has 0 saturated carbocycles. The SMILES string of the molecule is COc1cc2nc(C)n(/N=C\c3c(O)ccc4ccccc34)c(=O)c2cc1OC. The van der Waals surface area contributed by atoms with Crippen molar-refractivity contribution in [3.8, 4) is 17.2 Å². The van der Waals surface area contributed by atoms with Gasteiger partial charge in [0, 0.05) is 11.6 Å². The Kier molecular flexibility index (Phi) is 4.64. The summed E-state index contributed by atoms with van der Waals surface area (Å²) in [4.78, 5) is 17.5. The van der Waals surface area contributed by atoms with Gasteiger partial charge in [0.2, 0.25) is 0 Å². The molecule has 0 amide bonds. The highest BCUT2D eigenvalue weighted by Gasteiger charge is 2.13. The summed E-state index contributed by atoms with van der Waals surface area (Å²) in [5.41, 5.74) is 0.677. The maximum absolute atomic E-state index is 13.0. The molecule has 29 heavy (non-hydrogen) atoms. The van der Waals surface area contributed by atoms with Crippen LogP contribution in [0.15, 0.2) is 58.4 Å². The third-order valence-corrected chi connectivity index (χ3v) is 4.76. The summed E-state index contributed by atoms with van der Waals surface area (Å²) in [5, 5.41) is 16.8. The number of ether oxygens (including phenoxy) is 2. The first-order valence-electron chi connectivity index (χ1n) is 8.94. The molecule has 0 radical (unpaired) electrons. The molecule has 7 heteroatoms. The predicted molar refractivity (Wildman–Crippen MR) is 112 cm³/mol. The van der Waals surface area contributed by atoms with Crippen molar-refractivity contribution in [2.45, 2.75) is 6.92 Å². The van der Waals surface area contributed by atoms with Gasteiger partial charge in [0.05, 0.1) is 31.3 Å². The van der Waals surface area contributed by atoms with Crippen LogP contribution in [0.4, 0.5) is 0 Å². The number of benzene rings is 3. The summed E-state index contributed by atoms with van der Waals surface area (Å²) in [6.07, 6.45) is 1.47. The van der Waals surface area contributed by atoms with Crippen LogP contribution in [0, 0.1) is 6.92 Å². The molecule has 0 spiro atoms. The van der Waals surface area contributed by atoms with Crippen molar-refractivity contribution in [3.05, 3.63) is 70.3 Å². The van der Waals surface area contributed by atoms with Crippen LogP contribution < -0.4 is 15.0 Å². The van der Waals surface area contributed by atoms with Crippen LogP contribution in [0.3, 0.4) is 0 Å². The first-order valence-corrected chi connectivity index (χ1v) is 8.94. The molecule has 146 valence electrons. The van der Waals surface area contributed by atoms with Crippen LogP contribution in [-0.2, 0) is 0 Å². The molecule has 1 N–H and O–H groups in total. The number of hydrogen-bond donors (Lipinski definition) is 1. The van der Waals surface area contributed by atoms with Crippen molar-refractivity contribution in [2.75, 3.05) is 14.2 Å². The summed E-state index contributed by atoms with van der Waals surface area (Å²) in [5.74, 6) is 1.42. The topological polar surface area (TPSA) is 85.9 Å². The molecule has 0 aliphatic rings. The van der Waals surface area contributed by atoms with E-state index in [9.17, 15) is 9.90 Å². The van der Waals surface area contributed by atoms with Crippen molar-refractivity contribution in [1.29, 1.82) is 0 Å². The normalized spacial score (nSPS) is 11.4. The minimum absolute atomic E-state index is 0.0818. The maximum Gasteiger partial charge on any atom is 0.282 e. The Morgan fingerprint density at radius 2 is 1.76 bits per heavy atom. The van der Waals surface area contributed by atoms with Gasteiger partial charge in [0.25, 0.3) is 5.56 Å². The lowest BCUT2D eigenvalue weighted by molar-refractivity contribution is 0.355. The van der Waals surface area contributed by atoms with E-state index in [0.29, 0.717) is 33.8 Å². The highest BCUT2D eigenvalue weighted by molar-refractivity contribution is 6.02. The van der Waals surface area contributed by atoms with E-state index in [2.05, 4.69) is 10.1 Å². The van der Waals surface area contributed by atoms with Crippen LogP contribution in [-0.4, -0.2) is 35.2 Å². The number of aromatic hydroxyl groups is 1. The Labute approximate surface area is 166 Å². The van der Waals surface area contributed by atoms with Crippen LogP contribution in [0.2, 0.25) is 0 Å². The predicted octanol–water partition coefficient (Wildman–Crippen LogP) is 3.46. The standard InChI is InChI=1S/C22H19N3O4/c1-13-24-18-11-21(29-3)20(28-2)10-16(18)22(27)25(13)23-12-17-15-7-5-4-6-14(15)8-9-19(17)26/h4-12,26H,1-3H3/b23-12-. The zero-order chi connectivity index (χ0) is 20.5. The average Bonchev–Trinajstić information content (AvgIpc) is 2.74. The minimum atomic E-state index is -0.343. The van der Waals surface area contributed by atoms with Crippen molar-refractivity contribution in [3.63, 3.8) is 0 Å². The van der Waals surface area contributed by atoms with Crippen molar-refractivity contribution in [2.24, 2.45) is 5.10 Å². The maximum atomic E-state index is 13.0. The lowest BCUT2D eigenvalue weighted by Gasteiger charge is -2.10. The molecule has 0 aliphatic carbocycles. The van der Waals surface area contributed by atoms with Gasteiger partial charge in [-0.15, -0.1) is 0 Å². The van der Waals surface area contributed by atoms with Crippen LogP contribution in [0.1, 0.15) is 11.4 Å². The van der Waals surface area contributed by atoms with Crippen LogP contribution >= 0.6 is 0 Å². The minimum Gasteiger partial charge on any atom is -0.507 e. The quantitative estimate of drug-likeness (QED) is 0.540. The third kappa shape index (κ3) is 3.16. The second-order valence-corrected chi connectivity index (χ2v) is 6.46. The Bertz CT molecular complexity index is 1330. The molecule has 1 aromatic heterocycles. The number of phenols is 1. The van der Waals surface area contributed by atoms with Gasteiger partial charge in [0.15, 0.2) is 11.5 Å². The van der Waals surface area contributed by atoms with E-state index < -0.39 is 0 Å². The molecule has 7 nitrogen and oxygen atoms in total. The second-order valence-electron chi connectivity index (χ2n) is 6.46. The fourth-order valence-electron chi connectivity index (χ4n) is 3.29. The van der Waals surface area contributed by atoms with Gasteiger partial charge < -0.3 is 14.6 Å². The van der Waals surface area contributed by atoms with E-state index in [0.717, 1.165) is 10.8 Å². The molecule has 0 unspecified atom stereocenters. The zero-order valence-corrected chi connectivity index (χ0v) is 16.2. The largest absolute Gasteiger partial charge is 0.507 e. The molecule has 0 aliphatic heterocycles. The monoisotopic (exact) mass is 389 g/mol. The average molecular weight is 389 g/mol. The Balaban J connectivity index is 1.89. The Morgan fingerprint density at radius 1 is 1.03 bits per heavy atom. The lowest BCUT2D eigenvalue weighted by Crippen LogP contribution is -2.20. The van der Waals surface area contributed by atoms with Gasteiger partial charge in [-0.05, 0) is 29.8 Å². The van der Waals surface area contributed by atoms with E-state index >= 15 is 0 Å². The molecule has 0 saturated heterocycles. The number of nitrogens with zero attached hydrogens (tertiary/aromatic N) is 3. The van der Waals surface area contributed by atoms with Crippen LogP contribution in [0.25, 0.3) is 21.7 Å². The lowest BCUT2D eigenvalue weighted by atomic mass is 10.0. The van der Waals surface area contributed by atoms with E-state index in [-0.39, 0.29) is 11.3 Å². The third-order valence-electron chi connectivity index (χ3n) is 4.76. The fraction of sp³-hybridized carbons (Fsp3) is 0.136. The van der Waals surface area contributed by atoms with Gasteiger partial charge >= 0.3 is 0 Å². The van der Waals surface area contributed by atoms with Crippen molar-refractivity contribution >= 4 is 27.9 Å². The number of aryl methyl sites for hydroxylation is 1. The summed E-state index contributed by atoms with van der Waals surface area (Å²) in [7, 11) is 3.03. The molecule has 4 aromatic rings.